The number of hydrogen-bond donors (Lipinski definition) is 1. The summed E-state index contributed by atoms with van der Waals surface area (Å²) in [6.45, 7) is 3.94. The van der Waals surface area contributed by atoms with Crippen molar-refractivity contribution < 1.29 is 0 Å². The molecule has 0 fully saturated rings. The van der Waals surface area contributed by atoms with E-state index in [4.69, 9.17) is 5.26 Å². The number of pyridine rings is 1. The van der Waals surface area contributed by atoms with Crippen LogP contribution in [0.25, 0.3) is 0 Å². The Kier molecular flexibility index (Phi) is 3.28. The zero-order chi connectivity index (χ0) is 13.1. The molecule has 0 aliphatic carbocycles. The molecule has 0 radical (unpaired) electrons. The second-order valence-electron chi connectivity index (χ2n) is 4.10. The van der Waals surface area contributed by atoms with E-state index < -0.39 is 0 Å². The molecule has 0 aromatic carbocycles. The van der Waals surface area contributed by atoms with Crippen LogP contribution in [-0.2, 0) is 13.5 Å². The van der Waals surface area contributed by atoms with E-state index in [0.29, 0.717) is 11.4 Å². The van der Waals surface area contributed by atoms with Crippen LogP contribution in [0, 0.1) is 18.3 Å². The summed E-state index contributed by atoms with van der Waals surface area (Å²) in [6.07, 6.45) is 4.42. The number of anilines is 2. The van der Waals surface area contributed by atoms with Crippen molar-refractivity contribution in [3.05, 3.63) is 35.3 Å². The van der Waals surface area contributed by atoms with Crippen molar-refractivity contribution in [2.45, 2.75) is 20.3 Å². The minimum atomic E-state index is 0.573. The number of aromatic nitrogens is 3. The zero-order valence-corrected chi connectivity index (χ0v) is 10.7. The Morgan fingerprint density at radius 3 is 2.94 bits per heavy atom. The number of rotatable bonds is 3. The zero-order valence-electron chi connectivity index (χ0n) is 10.7. The molecule has 1 N–H and O–H groups in total. The third kappa shape index (κ3) is 2.18. The van der Waals surface area contributed by atoms with E-state index in [0.717, 1.165) is 23.4 Å². The molecule has 0 spiro atoms. The molecular formula is C13H15N5. The fourth-order valence-electron chi connectivity index (χ4n) is 1.82. The fraction of sp³-hybridized carbons (Fsp3) is 0.308. The molecule has 5 nitrogen and oxygen atoms in total. The molecule has 18 heavy (non-hydrogen) atoms. The highest BCUT2D eigenvalue weighted by Gasteiger charge is 2.10. The second-order valence-corrected chi connectivity index (χ2v) is 4.10. The minimum absolute atomic E-state index is 0.573. The van der Waals surface area contributed by atoms with Crippen molar-refractivity contribution in [3.8, 4) is 6.07 Å². The maximum Gasteiger partial charge on any atom is 0.148 e. The molecule has 0 saturated heterocycles. The average Bonchev–Trinajstić information content (AvgIpc) is 2.70. The molecule has 0 amide bonds. The molecule has 0 aliphatic rings. The van der Waals surface area contributed by atoms with Crippen LogP contribution >= 0.6 is 0 Å². The lowest BCUT2D eigenvalue weighted by Gasteiger charge is -2.07. The summed E-state index contributed by atoms with van der Waals surface area (Å²) in [7, 11) is 1.87. The highest BCUT2D eigenvalue weighted by molar-refractivity contribution is 5.65. The normalized spacial score (nSPS) is 10.1. The van der Waals surface area contributed by atoms with E-state index in [-0.39, 0.29) is 0 Å². The largest absolute Gasteiger partial charge is 0.336 e. The summed E-state index contributed by atoms with van der Waals surface area (Å²) >= 11 is 0. The van der Waals surface area contributed by atoms with Crippen LogP contribution in [0.15, 0.2) is 18.5 Å². The Morgan fingerprint density at radius 1 is 1.50 bits per heavy atom. The van der Waals surface area contributed by atoms with Gasteiger partial charge in [0.05, 0.1) is 16.9 Å². The molecule has 0 atom stereocenters. The van der Waals surface area contributed by atoms with Gasteiger partial charge in [-0.25, -0.2) is 4.98 Å². The van der Waals surface area contributed by atoms with Crippen LogP contribution < -0.4 is 5.32 Å². The first-order chi connectivity index (χ1) is 8.65. The summed E-state index contributed by atoms with van der Waals surface area (Å²) in [6, 6.07) is 4.00. The Morgan fingerprint density at radius 2 is 2.28 bits per heavy atom. The molecule has 0 bridgehead atoms. The third-order valence-electron chi connectivity index (χ3n) is 2.76. The van der Waals surface area contributed by atoms with E-state index in [2.05, 4.69) is 21.5 Å². The molecular weight excluding hydrogens is 226 g/mol. The van der Waals surface area contributed by atoms with Crippen molar-refractivity contribution in [3.63, 3.8) is 0 Å². The lowest BCUT2D eigenvalue weighted by Crippen LogP contribution is -1.99. The van der Waals surface area contributed by atoms with Gasteiger partial charge < -0.3 is 5.32 Å². The van der Waals surface area contributed by atoms with Crippen LogP contribution in [0.2, 0.25) is 0 Å². The Hall–Kier alpha value is -2.35. The fourth-order valence-corrected chi connectivity index (χ4v) is 1.82. The number of nitrogens with one attached hydrogen (secondary N) is 1. The van der Waals surface area contributed by atoms with Gasteiger partial charge in [-0.1, -0.05) is 6.92 Å². The van der Waals surface area contributed by atoms with Gasteiger partial charge in [0.2, 0.25) is 0 Å². The van der Waals surface area contributed by atoms with Gasteiger partial charge in [-0.15, -0.1) is 0 Å². The Balaban J connectivity index is 2.40. The van der Waals surface area contributed by atoms with Gasteiger partial charge >= 0.3 is 0 Å². The summed E-state index contributed by atoms with van der Waals surface area (Å²) in [4.78, 5) is 4.22. The summed E-state index contributed by atoms with van der Waals surface area (Å²) in [5, 5.41) is 16.7. The standard InChI is InChI=1S/C13H15N5/c1-4-11-12(8-18(3)17-11)16-13-10(7-14)9(2)5-6-15-13/h5-6,8H,4H2,1-3H3,(H,15,16). The van der Waals surface area contributed by atoms with Gasteiger partial charge in [0, 0.05) is 19.4 Å². The number of nitrogens with zero attached hydrogens (tertiary/aromatic N) is 4. The molecule has 0 unspecified atom stereocenters. The predicted molar refractivity (Wildman–Crippen MR) is 69.6 cm³/mol. The van der Waals surface area contributed by atoms with Gasteiger partial charge in [-0.2, -0.15) is 10.4 Å². The quantitative estimate of drug-likeness (QED) is 0.895. The molecule has 2 aromatic rings. The van der Waals surface area contributed by atoms with E-state index >= 15 is 0 Å². The van der Waals surface area contributed by atoms with Crippen LogP contribution in [0.4, 0.5) is 11.5 Å². The lowest BCUT2D eigenvalue weighted by molar-refractivity contribution is 0.746. The maximum absolute atomic E-state index is 9.16. The Labute approximate surface area is 106 Å². The van der Waals surface area contributed by atoms with Crippen molar-refractivity contribution in [1.29, 1.82) is 5.26 Å². The summed E-state index contributed by atoms with van der Waals surface area (Å²) in [5.74, 6) is 0.584. The first-order valence-electron chi connectivity index (χ1n) is 5.81. The highest BCUT2D eigenvalue weighted by Crippen LogP contribution is 2.22. The van der Waals surface area contributed by atoms with Crippen molar-refractivity contribution >= 4 is 11.5 Å². The number of nitriles is 1. The first kappa shape index (κ1) is 12.1. The second kappa shape index (κ2) is 4.88. The van der Waals surface area contributed by atoms with E-state index in [1.54, 1.807) is 10.9 Å². The van der Waals surface area contributed by atoms with Crippen molar-refractivity contribution in [1.82, 2.24) is 14.8 Å². The summed E-state index contributed by atoms with van der Waals surface area (Å²) < 4.78 is 1.75. The molecule has 2 aromatic heterocycles. The maximum atomic E-state index is 9.16. The SMILES string of the molecule is CCc1nn(C)cc1Nc1nccc(C)c1C#N. The molecule has 0 aliphatic heterocycles. The molecule has 5 heteroatoms. The van der Waals surface area contributed by atoms with Gasteiger partial charge in [0.25, 0.3) is 0 Å². The molecule has 2 heterocycles. The first-order valence-corrected chi connectivity index (χ1v) is 5.81. The van der Waals surface area contributed by atoms with Crippen molar-refractivity contribution in [2.24, 2.45) is 7.05 Å². The number of hydrogen-bond acceptors (Lipinski definition) is 4. The van der Waals surface area contributed by atoms with E-state index in [1.165, 1.54) is 0 Å². The van der Waals surface area contributed by atoms with Crippen LogP contribution in [0.3, 0.4) is 0 Å². The highest BCUT2D eigenvalue weighted by atomic mass is 15.3. The van der Waals surface area contributed by atoms with Gasteiger partial charge in [-0.3, -0.25) is 4.68 Å². The van der Waals surface area contributed by atoms with Gasteiger partial charge in [0.1, 0.15) is 11.9 Å². The summed E-state index contributed by atoms with van der Waals surface area (Å²) in [5.41, 5.74) is 3.35. The third-order valence-corrected chi connectivity index (χ3v) is 2.76. The van der Waals surface area contributed by atoms with Crippen molar-refractivity contribution in [2.75, 3.05) is 5.32 Å². The molecule has 92 valence electrons. The lowest BCUT2D eigenvalue weighted by atomic mass is 10.1. The molecule has 2 rings (SSSR count). The predicted octanol–water partition coefficient (Wildman–Crippen LogP) is 2.30. The Bertz CT molecular complexity index is 606. The van der Waals surface area contributed by atoms with E-state index in [9.17, 15) is 0 Å². The van der Waals surface area contributed by atoms with Crippen LogP contribution in [0.5, 0.6) is 0 Å². The molecule has 0 saturated carbocycles. The minimum Gasteiger partial charge on any atom is -0.336 e. The van der Waals surface area contributed by atoms with Crippen LogP contribution in [0.1, 0.15) is 23.7 Å². The van der Waals surface area contributed by atoms with Gasteiger partial charge in [0.15, 0.2) is 0 Å². The van der Waals surface area contributed by atoms with Crippen LogP contribution in [-0.4, -0.2) is 14.8 Å². The monoisotopic (exact) mass is 241 g/mol. The smallest absolute Gasteiger partial charge is 0.148 e. The number of aryl methyl sites for hydroxylation is 3. The topological polar surface area (TPSA) is 66.5 Å². The van der Waals surface area contributed by atoms with Gasteiger partial charge in [-0.05, 0) is 25.0 Å². The average molecular weight is 241 g/mol. The van der Waals surface area contributed by atoms with E-state index in [1.807, 2.05) is 33.2 Å².